The van der Waals surface area contributed by atoms with Crippen LogP contribution in [0.3, 0.4) is 0 Å². The standard InChI is InChI=1S/C19H13Br/c20-19-12-11-17(16-9-4-10-18(16)19)15-8-3-6-13-5-1-2-7-14(13)15/h1-9,11-12H,10H2. The predicted octanol–water partition coefficient (Wildman–Crippen LogP) is 5.84. The molecule has 0 saturated carbocycles. The lowest BCUT2D eigenvalue weighted by Crippen LogP contribution is -1.90. The van der Waals surface area contributed by atoms with Crippen molar-refractivity contribution in [2.45, 2.75) is 6.42 Å². The van der Waals surface area contributed by atoms with Gasteiger partial charge in [-0.3, -0.25) is 0 Å². The van der Waals surface area contributed by atoms with Crippen LogP contribution < -0.4 is 0 Å². The van der Waals surface area contributed by atoms with Crippen LogP contribution in [0, 0.1) is 0 Å². The van der Waals surface area contributed by atoms with Gasteiger partial charge in [0.1, 0.15) is 0 Å². The summed E-state index contributed by atoms with van der Waals surface area (Å²) in [4.78, 5) is 0. The van der Waals surface area contributed by atoms with Gasteiger partial charge in [-0.1, -0.05) is 76.6 Å². The molecule has 1 heteroatoms. The molecule has 4 rings (SSSR count). The largest absolute Gasteiger partial charge is 0.0794 e. The van der Waals surface area contributed by atoms with Gasteiger partial charge >= 0.3 is 0 Å². The molecule has 3 aromatic carbocycles. The number of allylic oxidation sites excluding steroid dienone is 1. The van der Waals surface area contributed by atoms with Crippen LogP contribution in [0.25, 0.3) is 28.0 Å². The second-order valence-electron chi connectivity index (χ2n) is 5.12. The first-order valence-corrected chi connectivity index (χ1v) is 7.60. The molecule has 0 amide bonds. The van der Waals surface area contributed by atoms with Crippen LogP contribution in [0.1, 0.15) is 11.1 Å². The van der Waals surface area contributed by atoms with Gasteiger partial charge in [-0.05, 0) is 45.5 Å². The van der Waals surface area contributed by atoms with E-state index >= 15 is 0 Å². The molecule has 1 aliphatic carbocycles. The lowest BCUT2D eigenvalue weighted by atomic mass is 9.93. The maximum absolute atomic E-state index is 3.66. The Morgan fingerprint density at radius 2 is 1.65 bits per heavy atom. The van der Waals surface area contributed by atoms with Crippen molar-refractivity contribution in [3.05, 3.63) is 76.3 Å². The molecule has 0 radical (unpaired) electrons. The van der Waals surface area contributed by atoms with Crippen LogP contribution >= 0.6 is 15.9 Å². The monoisotopic (exact) mass is 320 g/mol. The van der Waals surface area contributed by atoms with Crippen molar-refractivity contribution in [1.82, 2.24) is 0 Å². The van der Waals surface area contributed by atoms with E-state index in [9.17, 15) is 0 Å². The highest BCUT2D eigenvalue weighted by Crippen LogP contribution is 2.38. The predicted molar refractivity (Wildman–Crippen MR) is 89.8 cm³/mol. The second-order valence-corrected chi connectivity index (χ2v) is 5.97. The highest BCUT2D eigenvalue weighted by molar-refractivity contribution is 9.10. The zero-order valence-electron chi connectivity index (χ0n) is 10.9. The van der Waals surface area contributed by atoms with E-state index in [-0.39, 0.29) is 0 Å². The van der Waals surface area contributed by atoms with Gasteiger partial charge in [0.2, 0.25) is 0 Å². The Balaban J connectivity index is 2.06. The minimum Gasteiger partial charge on any atom is -0.0794 e. The Bertz CT molecular complexity index is 838. The van der Waals surface area contributed by atoms with Crippen molar-refractivity contribution in [2.75, 3.05) is 0 Å². The molecule has 0 atom stereocenters. The van der Waals surface area contributed by atoms with E-state index < -0.39 is 0 Å². The van der Waals surface area contributed by atoms with Gasteiger partial charge in [0.25, 0.3) is 0 Å². The van der Waals surface area contributed by atoms with Gasteiger partial charge in [-0.25, -0.2) is 0 Å². The molecular formula is C19H13Br. The van der Waals surface area contributed by atoms with E-state index in [4.69, 9.17) is 0 Å². The highest BCUT2D eigenvalue weighted by Gasteiger charge is 2.15. The summed E-state index contributed by atoms with van der Waals surface area (Å²) in [5.74, 6) is 0. The van der Waals surface area contributed by atoms with Crippen molar-refractivity contribution < 1.29 is 0 Å². The fourth-order valence-electron chi connectivity index (χ4n) is 3.03. The molecule has 0 spiro atoms. The van der Waals surface area contributed by atoms with Crippen molar-refractivity contribution in [3.8, 4) is 11.1 Å². The summed E-state index contributed by atoms with van der Waals surface area (Å²) in [7, 11) is 0. The van der Waals surface area contributed by atoms with Crippen LogP contribution in [0.4, 0.5) is 0 Å². The molecule has 0 aliphatic heterocycles. The number of halogens is 1. The summed E-state index contributed by atoms with van der Waals surface area (Å²) >= 11 is 3.66. The fourth-order valence-corrected chi connectivity index (χ4v) is 3.53. The summed E-state index contributed by atoms with van der Waals surface area (Å²) in [5.41, 5.74) is 5.40. The first-order valence-electron chi connectivity index (χ1n) is 6.80. The average Bonchev–Trinajstić information content (AvgIpc) is 2.98. The van der Waals surface area contributed by atoms with Crippen LogP contribution in [0.5, 0.6) is 0 Å². The first-order chi connectivity index (χ1) is 9.84. The molecule has 0 unspecified atom stereocenters. The Morgan fingerprint density at radius 3 is 2.60 bits per heavy atom. The van der Waals surface area contributed by atoms with Crippen LogP contribution in [-0.4, -0.2) is 0 Å². The topological polar surface area (TPSA) is 0 Å². The lowest BCUT2D eigenvalue weighted by molar-refractivity contribution is 1.29. The Hall–Kier alpha value is -1.86. The average molecular weight is 321 g/mol. The fraction of sp³-hybridized carbons (Fsp3) is 0.0526. The van der Waals surface area contributed by atoms with Crippen LogP contribution in [0.2, 0.25) is 0 Å². The SMILES string of the molecule is Brc1ccc(-c2cccc3ccccc23)c2c1CC=C2. The molecule has 0 bridgehead atoms. The van der Waals surface area contributed by atoms with Gasteiger partial charge in [0.05, 0.1) is 0 Å². The second kappa shape index (κ2) is 4.60. The summed E-state index contributed by atoms with van der Waals surface area (Å²) in [6, 6.07) is 19.5. The van der Waals surface area contributed by atoms with E-state index in [0.29, 0.717) is 0 Å². The van der Waals surface area contributed by atoms with Gasteiger partial charge in [0.15, 0.2) is 0 Å². The number of rotatable bonds is 1. The number of benzene rings is 3. The van der Waals surface area contributed by atoms with E-state index in [1.54, 1.807) is 0 Å². The molecule has 0 fully saturated rings. The quantitative estimate of drug-likeness (QED) is 0.528. The van der Waals surface area contributed by atoms with Crippen molar-refractivity contribution in [2.24, 2.45) is 0 Å². The summed E-state index contributed by atoms with van der Waals surface area (Å²) in [6.07, 6.45) is 5.51. The smallest absolute Gasteiger partial charge is 0.0216 e. The zero-order valence-corrected chi connectivity index (χ0v) is 12.5. The highest BCUT2D eigenvalue weighted by atomic mass is 79.9. The molecule has 0 heterocycles. The summed E-state index contributed by atoms with van der Waals surface area (Å²) < 4.78 is 1.21. The summed E-state index contributed by atoms with van der Waals surface area (Å²) in [5, 5.41) is 2.61. The molecule has 96 valence electrons. The zero-order chi connectivity index (χ0) is 13.5. The van der Waals surface area contributed by atoms with Crippen LogP contribution in [-0.2, 0) is 6.42 Å². The molecule has 1 aliphatic rings. The number of fused-ring (bicyclic) bond motifs is 2. The molecule has 20 heavy (non-hydrogen) atoms. The van der Waals surface area contributed by atoms with Crippen molar-refractivity contribution in [1.29, 1.82) is 0 Å². The van der Waals surface area contributed by atoms with Crippen molar-refractivity contribution >= 4 is 32.8 Å². The Kier molecular flexibility index (Phi) is 2.75. The molecule has 0 aromatic heterocycles. The Labute approximate surface area is 126 Å². The molecule has 0 saturated heterocycles. The van der Waals surface area contributed by atoms with E-state index in [1.165, 1.54) is 37.5 Å². The van der Waals surface area contributed by atoms with Crippen LogP contribution in [0.15, 0.2) is 65.1 Å². The number of hydrogen-bond acceptors (Lipinski definition) is 0. The van der Waals surface area contributed by atoms with Gasteiger partial charge in [-0.15, -0.1) is 0 Å². The maximum atomic E-state index is 3.66. The van der Waals surface area contributed by atoms with Gasteiger partial charge < -0.3 is 0 Å². The lowest BCUT2D eigenvalue weighted by Gasteiger charge is -2.12. The third-order valence-corrected chi connectivity index (χ3v) is 4.73. The molecular weight excluding hydrogens is 308 g/mol. The molecule has 0 nitrogen and oxygen atoms in total. The minimum absolute atomic E-state index is 1.02. The Morgan fingerprint density at radius 1 is 0.800 bits per heavy atom. The normalized spacial score (nSPS) is 12.8. The maximum Gasteiger partial charge on any atom is 0.0216 e. The third kappa shape index (κ3) is 1.74. The van der Waals surface area contributed by atoms with Crippen molar-refractivity contribution in [3.63, 3.8) is 0 Å². The third-order valence-electron chi connectivity index (χ3n) is 3.99. The number of hydrogen-bond donors (Lipinski definition) is 0. The minimum atomic E-state index is 1.02. The molecule has 0 N–H and O–H groups in total. The first kappa shape index (κ1) is 11.9. The van der Waals surface area contributed by atoms with Gasteiger partial charge in [0, 0.05) is 4.47 Å². The van der Waals surface area contributed by atoms with E-state index in [0.717, 1.165) is 6.42 Å². The van der Waals surface area contributed by atoms with E-state index in [1.807, 2.05) is 0 Å². The summed E-state index contributed by atoms with van der Waals surface area (Å²) in [6.45, 7) is 0. The van der Waals surface area contributed by atoms with E-state index in [2.05, 4.69) is 82.7 Å². The van der Waals surface area contributed by atoms with Gasteiger partial charge in [-0.2, -0.15) is 0 Å². The molecule has 3 aromatic rings.